The van der Waals surface area contributed by atoms with Crippen LogP contribution >= 0.6 is 10.7 Å². The Morgan fingerprint density at radius 1 is 1.26 bits per heavy atom. The van der Waals surface area contributed by atoms with Crippen molar-refractivity contribution < 1.29 is 13.2 Å². The highest BCUT2D eigenvalue weighted by molar-refractivity contribution is 8.13. The Bertz CT molecular complexity index is 833. The molecule has 1 fully saturated rings. The molecule has 2 aromatic rings. The molecule has 1 aliphatic rings. The maximum atomic E-state index is 12.0. The van der Waals surface area contributed by atoms with Gasteiger partial charge < -0.3 is 4.90 Å². The van der Waals surface area contributed by atoms with Crippen LogP contribution in [-0.2, 0) is 20.3 Å². The zero-order valence-corrected chi connectivity index (χ0v) is 14.1. The van der Waals surface area contributed by atoms with E-state index >= 15 is 0 Å². The topological polar surface area (TPSA) is 67.3 Å². The molecule has 3 rings (SSSR count). The molecule has 1 amide bonds. The van der Waals surface area contributed by atoms with E-state index in [9.17, 15) is 13.2 Å². The molecule has 122 valence electrons. The third-order valence-electron chi connectivity index (χ3n) is 4.13. The molecule has 0 saturated carbocycles. The van der Waals surface area contributed by atoms with Gasteiger partial charge in [-0.1, -0.05) is 24.3 Å². The smallest absolute Gasteiger partial charge is 0.232 e. The van der Waals surface area contributed by atoms with Gasteiger partial charge in [0.2, 0.25) is 15.0 Å². The lowest BCUT2D eigenvalue weighted by Crippen LogP contribution is -2.28. The van der Waals surface area contributed by atoms with Crippen molar-refractivity contribution in [3.8, 4) is 0 Å². The number of pyridine rings is 1. The minimum absolute atomic E-state index is 0.0106. The van der Waals surface area contributed by atoms with Gasteiger partial charge in [0.25, 0.3) is 0 Å². The first-order chi connectivity index (χ1) is 10.9. The molecule has 0 aliphatic carbocycles. The number of hydrogen-bond acceptors (Lipinski definition) is 4. The van der Waals surface area contributed by atoms with Crippen molar-refractivity contribution in [3.63, 3.8) is 0 Å². The number of carbonyl (C=O) groups excluding carboxylic acids is 1. The summed E-state index contributed by atoms with van der Waals surface area (Å²) in [6, 6.07) is 8.00. The van der Waals surface area contributed by atoms with Gasteiger partial charge in [0.15, 0.2) is 0 Å². The molecular formula is C16H17ClN2O3S. The van der Waals surface area contributed by atoms with Gasteiger partial charge in [-0.25, -0.2) is 8.42 Å². The SMILES string of the molecule is O=C1CC(CS(=O)(=O)Cl)CN1CCc1cncc2ccccc12. The Kier molecular flexibility index (Phi) is 4.55. The van der Waals surface area contributed by atoms with Crippen molar-refractivity contribution in [1.82, 2.24) is 9.88 Å². The number of benzene rings is 1. The highest BCUT2D eigenvalue weighted by Crippen LogP contribution is 2.22. The highest BCUT2D eigenvalue weighted by atomic mass is 35.7. The first-order valence-electron chi connectivity index (χ1n) is 7.44. The van der Waals surface area contributed by atoms with Gasteiger partial charge in [0.1, 0.15) is 0 Å². The second kappa shape index (κ2) is 6.45. The molecule has 2 heterocycles. The van der Waals surface area contributed by atoms with Crippen LogP contribution in [-0.4, -0.2) is 43.1 Å². The maximum Gasteiger partial charge on any atom is 0.232 e. The van der Waals surface area contributed by atoms with Gasteiger partial charge in [0, 0.05) is 53.9 Å². The minimum atomic E-state index is -3.57. The van der Waals surface area contributed by atoms with Gasteiger partial charge >= 0.3 is 0 Å². The first kappa shape index (κ1) is 16.2. The predicted octanol–water partition coefficient (Wildman–Crippen LogP) is 2.19. The number of halogens is 1. The monoisotopic (exact) mass is 352 g/mol. The average Bonchev–Trinajstić information content (AvgIpc) is 2.82. The molecule has 0 radical (unpaired) electrons. The van der Waals surface area contributed by atoms with Crippen molar-refractivity contribution in [3.05, 3.63) is 42.2 Å². The average molecular weight is 353 g/mol. The molecule has 1 aromatic carbocycles. The van der Waals surface area contributed by atoms with Crippen LogP contribution in [0.3, 0.4) is 0 Å². The number of likely N-dealkylation sites (tertiary alicyclic amines) is 1. The van der Waals surface area contributed by atoms with Crippen LogP contribution in [0.2, 0.25) is 0 Å². The van der Waals surface area contributed by atoms with E-state index in [4.69, 9.17) is 10.7 Å². The number of nitrogens with zero attached hydrogens (tertiary/aromatic N) is 2. The Labute approximate surface area is 139 Å². The van der Waals surface area contributed by atoms with Crippen LogP contribution < -0.4 is 0 Å². The fraction of sp³-hybridized carbons (Fsp3) is 0.375. The quantitative estimate of drug-likeness (QED) is 0.774. The normalized spacial score (nSPS) is 18.7. The Hall–Kier alpha value is -1.66. The van der Waals surface area contributed by atoms with E-state index in [1.54, 1.807) is 4.90 Å². The van der Waals surface area contributed by atoms with Crippen LogP contribution in [0.15, 0.2) is 36.7 Å². The number of carbonyl (C=O) groups is 1. The number of amides is 1. The molecule has 1 saturated heterocycles. The molecular weight excluding hydrogens is 336 g/mol. The highest BCUT2D eigenvalue weighted by Gasteiger charge is 2.31. The largest absolute Gasteiger partial charge is 0.342 e. The van der Waals surface area contributed by atoms with Gasteiger partial charge in [-0.15, -0.1) is 0 Å². The van der Waals surface area contributed by atoms with Crippen LogP contribution in [0.1, 0.15) is 12.0 Å². The summed E-state index contributed by atoms with van der Waals surface area (Å²) < 4.78 is 22.3. The van der Waals surface area contributed by atoms with Crippen molar-refractivity contribution >= 4 is 36.4 Å². The number of hydrogen-bond donors (Lipinski definition) is 0. The lowest BCUT2D eigenvalue weighted by Gasteiger charge is -2.17. The molecule has 1 unspecified atom stereocenters. The summed E-state index contributed by atoms with van der Waals surface area (Å²) in [6.45, 7) is 1.01. The molecule has 0 N–H and O–H groups in total. The molecule has 5 nitrogen and oxygen atoms in total. The molecule has 0 bridgehead atoms. The van der Waals surface area contributed by atoms with E-state index in [1.165, 1.54) is 0 Å². The predicted molar refractivity (Wildman–Crippen MR) is 89.8 cm³/mol. The molecule has 0 spiro atoms. The van der Waals surface area contributed by atoms with Gasteiger partial charge in [-0.3, -0.25) is 9.78 Å². The van der Waals surface area contributed by atoms with Crippen LogP contribution in [0.4, 0.5) is 0 Å². The fourth-order valence-corrected chi connectivity index (χ4v) is 4.42. The fourth-order valence-electron chi connectivity index (χ4n) is 3.10. The molecule has 1 aliphatic heterocycles. The molecule has 1 aromatic heterocycles. The zero-order valence-electron chi connectivity index (χ0n) is 12.5. The van der Waals surface area contributed by atoms with Gasteiger partial charge in [-0.2, -0.15) is 0 Å². The summed E-state index contributed by atoms with van der Waals surface area (Å²) in [6.07, 6.45) is 4.59. The van der Waals surface area contributed by atoms with E-state index in [0.717, 1.165) is 16.3 Å². The standard InChI is InChI=1S/C16H17ClN2O3S/c17-23(21,22)11-12-7-16(20)19(10-12)6-5-14-9-18-8-13-3-1-2-4-15(13)14/h1-4,8-9,12H,5-7,10-11H2. The Morgan fingerprint density at radius 2 is 2.04 bits per heavy atom. The van der Waals surface area contributed by atoms with E-state index < -0.39 is 9.05 Å². The van der Waals surface area contributed by atoms with Crippen LogP contribution in [0.25, 0.3) is 10.8 Å². The number of rotatable bonds is 5. The van der Waals surface area contributed by atoms with Crippen molar-refractivity contribution in [1.29, 1.82) is 0 Å². The van der Waals surface area contributed by atoms with Crippen molar-refractivity contribution in [2.24, 2.45) is 5.92 Å². The summed E-state index contributed by atoms with van der Waals surface area (Å²) in [5.41, 5.74) is 1.09. The van der Waals surface area contributed by atoms with E-state index in [2.05, 4.69) is 4.98 Å². The molecule has 1 atom stereocenters. The van der Waals surface area contributed by atoms with E-state index in [1.807, 2.05) is 36.7 Å². The summed E-state index contributed by atoms with van der Waals surface area (Å²) in [5, 5.41) is 2.21. The van der Waals surface area contributed by atoms with E-state index in [0.29, 0.717) is 19.5 Å². The lowest BCUT2D eigenvalue weighted by molar-refractivity contribution is -0.127. The number of fused-ring (bicyclic) bond motifs is 1. The van der Waals surface area contributed by atoms with Crippen molar-refractivity contribution in [2.45, 2.75) is 12.8 Å². The maximum absolute atomic E-state index is 12.0. The third-order valence-corrected chi connectivity index (χ3v) is 5.38. The van der Waals surface area contributed by atoms with Gasteiger partial charge in [0.05, 0.1) is 5.75 Å². The van der Waals surface area contributed by atoms with Crippen LogP contribution in [0, 0.1) is 5.92 Å². The van der Waals surface area contributed by atoms with E-state index in [-0.39, 0.29) is 24.0 Å². The lowest BCUT2D eigenvalue weighted by atomic mass is 10.1. The summed E-state index contributed by atoms with van der Waals surface area (Å²) in [4.78, 5) is 18.0. The first-order valence-corrected chi connectivity index (χ1v) is 9.92. The van der Waals surface area contributed by atoms with Gasteiger partial charge in [-0.05, 0) is 17.4 Å². The summed E-state index contributed by atoms with van der Waals surface area (Å²) in [7, 11) is 1.71. The second-order valence-electron chi connectivity index (χ2n) is 5.89. The summed E-state index contributed by atoms with van der Waals surface area (Å²) >= 11 is 0. The Balaban J connectivity index is 1.67. The number of aromatic nitrogens is 1. The second-order valence-corrected chi connectivity index (χ2v) is 8.71. The summed E-state index contributed by atoms with van der Waals surface area (Å²) in [5.74, 6) is -0.369. The third kappa shape index (κ3) is 4.00. The van der Waals surface area contributed by atoms with Crippen LogP contribution in [0.5, 0.6) is 0 Å². The zero-order chi connectivity index (χ0) is 16.4. The molecule has 7 heteroatoms. The van der Waals surface area contributed by atoms with Crippen molar-refractivity contribution in [2.75, 3.05) is 18.8 Å². The Morgan fingerprint density at radius 3 is 2.83 bits per heavy atom. The molecule has 23 heavy (non-hydrogen) atoms. The minimum Gasteiger partial charge on any atom is -0.342 e.